The summed E-state index contributed by atoms with van der Waals surface area (Å²) in [4.78, 5) is 4.77. The van der Waals surface area contributed by atoms with Crippen molar-refractivity contribution in [1.82, 2.24) is 9.80 Å². The van der Waals surface area contributed by atoms with Gasteiger partial charge in [-0.15, -0.1) is 0 Å². The number of hydrogen-bond donors (Lipinski definition) is 0. The Kier molecular flexibility index (Phi) is 5.23. The zero-order valence-corrected chi connectivity index (χ0v) is 14.0. The molecule has 1 rings (SSSR count). The Hall–Kier alpha value is 0.137. The van der Waals surface area contributed by atoms with E-state index in [1.165, 1.54) is 25.9 Å². The van der Waals surface area contributed by atoms with E-state index in [0.717, 1.165) is 17.4 Å². The number of hydrogen-bond acceptors (Lipinski definition) is 2. The lowest BCUT2D eigenvalue weighted by Crippen LogP contribution is -2.38. The van der Waals surface area contributed by atoms with Crippen molar-refractivity contribution in [2.24, 2.45) is 11.8 Å². The van der Waals surface area contributed by atoms with Gasteiger partial charge in [0.05, 0.1) is 0 Å². The van der Waals surface area contributed by atoms with E-state index in [0.29, 0.717) is 0 Å². The molecule has 17 heavy (non-hydrogen) atoms. The van der Waals surface area contributed by atoms with E-state index >= 15 is 0 Å². The lowest BCUT2D eigenvalue weighted by atomic mass is 9.95. The highest BCUT2D eigenvalue weighted by Crippen LogP contribution is 2.47. The van der Waals surface area contributed by atoms with Crippen molar-refractivity contribution in [2.75, 3.05) is 41.3 Å². The van der Waals surface area contributed by atoms with Gasteiger partial charge in [0.2, 0.25) is 0 Å². The smallest absolute Gasteiger partial charge is 0.0477 e. The molecule has 102 valence electrons. The number of rotatable bonds is 5. The molecule has 3 unspecified atom stereocenters. The molecule has 0 amide bonds. The first-order valence-electron chi connectivity index (χ1n) is 7.01. The first-order chi connectivity index (χ1) is 7.71. The van der Waals surface area contributed by atoms with Gasteiger partial charge in [-0.25, -0.2) is 0 Å². The van der Waals surface area contributed by atoms with Crippen LogP contribution in [-0.4, -0.2) is 59.2 Å². The molecule has 0 aromatic rings. The SMILES string of the molecule is CN(C)CC1CCC([Si](C)(C)C)C1CN(C)C. The van der Waals surface area contributed by atoms with Crippen molar-refractivity contribution in [1.29, 1.82) is 0 Å². The summed E-state index contributed by atoms with van der Waals surface area (Å²) in [6, 6.07) is 0. The summed E-state index contributed by atoms with van der Waals surface area (Å²) in [5.74, 6) is 1.85. The van der Waals surface area contributed by atoms with E-state index < -0.39 is 8.07 Å². The van der Waals surface area contributed by atoms with Crippen LogP contribution in [0.1, 0.15) is 12.8 Å². The van der Waals surface area contributed by atoms with E-state index in [1.807, 2.05) is 0 Å². The Bertz CT molecular complexity index is 233. The lowest BCUT2D eigenvalue weighted by molar-refractivity contribution is 0.227. The third-order valence-corrected chi connectivity index (χ3v) is 7.20. The molecule has 0 aromatic heterocycles. The fraction of sp³-hybridized carbons (Fsp3) is 1.00. The first kappa shape index (κ1) is 15.2. The Morgan fingerprint density at radius 1 is 0.882 bits per heavy atom. The van der Waals surface area contributed by atoms with Crippen LogP contribution in [0.15, 0.2) is 0 Å². The maximum Gasteiger partial charge on any atom is 0.0477 e. The second-order valence-corrected chi connectivity index (χ2v) is 13.0. The molecule has 1 aliphatic rings. The highest BCUT2D eigenvalue weighted by molar-refractivity contribution is 6.77. The van der Waals surface area contributed by atoms with E-state index in [4.69, 9.17) is 0 Å². The molecule has 0 spiro atoms. The Morgan fingerprint density at radius 3 is 1.82 bits per heavy atom. The largest absolute Gasteiger partial charge is 0.309 e. The van der Waals surface area contributed by atoms with Crippen molar-refractivity contribution < 1.29 is 0 Å². The molecule has 0 heterocycles. The normalized spacial score (nSPS) is 30.5. The summed E-state index contributed by atoms with van der Waals surface area (Å²) in [7, 11) is 7.90. The summed E-state index contributed by atoms with van der Waals surface area (Å²) < 4.78 is 0. The number of nitrogens with zero attached hydrogens (tertiary/aromatic N) is 2. The zero-order chi connectivity index (χ0) is 13.2. The molecule has 2 nitrogen and oxygen atoms in total. The second-order valence-electron chi connectivity index (χ2n) is 7.50. The van der Waals surface area contributed by atoms with Gasteiger partial charge in [0.15, 0.2) is 0 Å². The van der Waals surface area contributed by atoms with Gasteiger partial charge in [0.1, 0.15) is 0 Å². The molecular weight excluding hydrogens is 224 g/mol. The molecule has 3 heteroatoms. The van der Waals surface area contributed by atoms with Crippen molar-refractivity contribution in [3.63, 3.8) is 0 Å². The second kappa shape index (κ2) is 5.85. The summed E-state index contributed by atoms with van der Waals surface area (Å²) in [6.45, 7) is 10.2. The minimum atomic E-state index is -0.992. The summed E-state index contributed by atoms with van der Waals surface area (Å²) >= 11 is 0. The van der Waals surface area contributed by atoms with Crippen molar-refractivity contribution >= 4 is 8.07 Å². The zero-order valence-electron chi connectivity index (χ0n) is 13.0. The van der Waals surface area contributed by atoms with Crippen LogP contribution < -0.4 is 0 Å². The molecule has 0 saturated heterocycles. The van der Waals surface area contributed by atoms with E-state index in [9.17, 15) is 0 Å². The molecule has 0 aliphatic heterocycles. The van der Waals surface area contributed by atoms with Crippen LogP contribution in [0.5, 0.6) is 0 Å². The average Bonchev–Trinajstić information content (AvgIpc) is 2.45. The molecule has 0 aromatic carbocycles. The molecule has 1 aliphatic carbocycles. The maximum absolute atomic E-state index is 2.55. The third kappa shape index (κ3) is 4.38. The summed E-state index contributed by atoms with van der Waals surface area (Å²) in [6.07, 6.45) is 2.93. The van der Waals surface area contributed by atoms with Gasteiger partial charge in [-0.05, 0) is 52.0 Å². The van der Waals surface area contributed by atoms with Crippen LogP contribution >= 0.6 is 0 Å². The van der Waals surface area contributed by atoms with Crippen LogP contribution in [0.25, 0.3) is 0 Å². The maximum atomic E-state index is 2.55. The van der Waals surface area contributed by atoms with Gasteiger partial charge in [-0.3, -0.25) is 0 Å². The molecule has 3 atom stereocenters. The van der Waals surface area contributed by atoms with E-state index in [1.54, 1.807) is 0 Å². The van der Waals surface area contributed by atoms with Crippen molar-refractivity contribution in [2.45, 2.75) is 38.0 Å². The highest BCUT2D eigenvalue weighted by Gasteiger charge is 2.42. The Morgan fingerprint density at radius 2 is 1.41 bits per heavy atom. The van der Waals surface area contributed by atoms with Crippen LogP contribution in [0.3, 0.4) is 0 Å². The Labute approximate surface area is 109 Å². The molecular formula is C14H32N2Si. The summed E-state index contributed by atoms with van der Waals surface area (Å²) in [5.41, 5.74) is 1.02. The fourth-order valence-corrected chi connectivity index (χ4v) is 6.31. The van der Waals surface area contributed by atoms with Crippen LogP contribution in [0.2, 0.25) is 25.2 Å². The van der Waals surface area contributed by atoms with Crippen molar-refractivity contribution in [3.8, 4) is 0 Å². The molecule has 0 N–H and O–H groups in total. The van der Waals surface area contributed by atoms with Crippen LogP contribution in [0.4, 0.5) is 0 Å². The topological polar surface area (TPSA) is 6.48 Å². The van der Waals surface area contributed by atoms with Gasteiger partial charge in [-0.1, -0.05) is 26.1 Å². The van der Waals surface area contributed by atoms with Gasteiger partial charge >= 0.3 is 0 Å². The summed E-state index contributed by atoms with van der Waals surface area (Å²) in [5, 5.41) is 0. The van der Waals surface area contributed by atoms with E-state index in [-0.39, 0.29) is 0 Å². The molecule has 1 saturated carbocycles. The molecule has 1 fully saturated rings. The predicted molar refractivity (Wildman–Crippen MR) is 80.4 cm³/mol. The fourth-order valence-electron chi connectivity index (χ4n) is 3.62. The van der Waals surface area contributed by atoms with Crippen LogP contribution in [-0.2, 0) is 0 Å². The molecule has 0 bridgehead atoms. The van der Waals surface area contributed by atoms with Gasteiger partial charge in [-0.2, -0.15) is 0 Å². The predicted octanol–water partition coefficient (Wildman–Crippen LogP) is 2.84. The monoisotopic (exact) mass is 256 g/mol. The third-order valence-electron chi connectivity index (χ3n) is 4.26. The average molecular weight is 257 g/mol. The minimum absolute atomic E-state index is 0.920. The van der Waals surface area contributed by atoms with Gasteiger partial charge < -0.3 is 9.80 Å². The highest BCUT2D eigenvalue weighted by atomic mass is 28.3. The standard InChI is InChI=1S/C14H32N2Si/c1-15(2)10-12-8-9-14(17(5,6)7)13(12)11-16(3)4/h12-14H,8-11H2,1-7H3. The lowest BCUT2D eigenvalue weighted by Gasteiger charge is -2.35. The quantitative estimate of drug-likeness (QED) is 0.698. The van der Waals surface area contributed by atoms with Crippen molar-refractivity contribution in [3.05, 3.63) is 0 Å². The van der Waals surface area contributed by atoms with Gasteiger partial charge in [0.25, 0.3) is 0 Å². The first-order valence-corrected chi connectivity index (χ1v) is 10.6. The Balaban J connectivity index is 2.74. The molecule has 0 radical (unpaired) electrons. The van der Waals surface area contributed by atoms with Crippen LogP contribution in [0, 0.1) is 11.8 Å². The van der Waals surface area contributed by atoms with Gasteiger partial charge in [0, 0.05) is 21.2 Å². The van der Waals surface area contributed by atoms with E-state index in [2.05, 4.69) is 57.6 Å². The minimum Gasteiger partial charge on any atom is -0.309 e.